The maximum atomic E-state index is 10.1. The van der Waals surface area contributed by atoms with Crippen molar-refractivity contribution in [3.63, 3.8) is 0 Å². The molecule has 2 aromatic rings. The van der Waals surface area contributed by atoms with E-state index in [9.17, 15) is 5.11 Å². The average Bonchev–Trinajstić information content (AvgIpc) is 2.58. The third-order valence-electron chi connectivity index (χ3n) is 2.77. The summed E-state index contributed by atoms with van der Waals surface area (Å²) in [5.41, 5.74) is 2.09. The lowest BCUT2D eigenvalue weighted by Crippen LogP contribution is -2.11. The van der Waals surface area contributed by atoms with Crippen LogP contribution in [0.2, 0.25) is 0 Å². The van der Waals surface area contributed by atoms with Gasteiger partial charge in [-0.05, 0) is 26.3 Å². The third-order valence-corrected chi connectivity index (χ3v) is 2.77. The van der Waals surface area contributed by atoms with Crippen LogP contribution in [0, 0.1) is 20.8 Å². The number of hydrogen-bond acceptors (Lipinski definition) is 3. The van der Waals surface area contributed by atoms with Crippen LogP contribution in [0.15, 0.2) is 24.3 Å². The van der Waals surface area contributed by atoms with E-state index in [4.69, 9.17) is 0 Å². The summed E-state index contributed by atoms with van der Waals surface area (Å²) in [5.74, 6) is 1.56. The molecule has 0 aliphatic heterocycles. The van der Waals surface area contributed by atoms with E-state index in [1.807, 2.05) is 45.0 Å². The summed E-state index contributed by atoms with van der Waals surface area (Å²) >= 11 is 0. The van der Waals surface area contributed by atoms with Crippen LogP contribution in [0.1, 0.15) is 28.9 Å². The molecule has 17 heavy (non-hydrogen) atoms. The normalized spacial score (nSPS) is 12.7. The molecule has 0 radical (unpaired) electrons. The first kappa shape index (κ1) is 11.8. The van der Waals surface area contributed by atoms with Crippen LogP contribution < -0.4 is 0 Å². The maximum absolute atomic E-state index is 10.1. The maximum Gasteiger partial charge on any atom is 0.147 e. The Morgan fingerprint density at radius 1 is 1.18 bits per heavy atom. The fourth-order valence-electron chi connectivity index (χ4n) is 1.79. The molecule has 0 aliphatic rings. The van der Waals surface area contributed by atoms with Crippen LogP contribution in [0.25, 0.3) is 0 Å². The van der Waals surface area contributed by atoms with Gasteiger partial charge in [0.25, 0.3) is 0 Å². The molecular formula is C13H17N3O. The summed E-state index contributed by atoms with van der Waals surface area (Å²) < 4.78 is 1.74. The minimum absolute atomic E-state index is 0.440. The molecule has 1 aromatic carbocycles. The zero-order valence-corrected chi connectivity index (χ0v) is 10.4. The van der Waals surface area contributed by atoms with Gasteiger partial charge in [-0.15, -0.1) is 0 Å². The molecule has 1 atom stereocenters. The molecule has 0 fully saturated rings. The number of aryl methyl sites for hydroxylation is 3. The summed E-state index contributed by atoms with van der Waals surface area (Å²) in [6, 6.07) is 7.88. The van der Waals surface area contributed by atoms with Crippen molar-refractivity contribution < 1.29 is 5.11 Å². The Kier molecular flexibility index (Phi) is 3.24. The van der Waals surface area contributed by atoms with Gasteiger partial charge < -0.3 is 5.11 Å². The van der Waals surface area contributed by atoms with Crippen LogP contribution in [-0.2, 0) is 6.54 Å². The lowest BCUT2D eigenvalue weighted by Gasteiger charge is -2.12. The molecule has 1 aromatic heterocycles. The number of hydrogen-bond donors (Lipinski definition) is 1. The molecular weight excluding hydrogens is 214 g/mol. The predicted molar refractivity (Wildman–Crippen MR) is 65.6 cm³/mol. The quantitative estimate of drug-likeness (QED) is 0.878. The van der Waals surface area contributed by atoms with E-state index >= 15 is 0 Å². The molecule has 1 N–H and O–H groups in total. The van der Waals surface area contributed by atoms with Gasteiger partial charge in [-0.1, -0.05) is 29.8 Å². The SMILES string of the molecule is Cc1ccc(C(O)Cn2nc(C)nc2C)cc1. The smallest absolute Gasteiger partial charge is 0.147 e. The predicted octanol–water partition coefficient (Wildman–Crippen LogP) is 1.94. The molecule has 1 unspecified atom stereocenters. The highest BCUT2D eigenvalue weighted by Crippen LogP contribution is 2.16. The van der Waals surface area contributed by atoms with E-state index in [0.717, 1.165) is 17.2 Å². The highest BCUT2D eigenvalue weighted by molar-refractivity contribution is 5.23. The fourth-order valence-corrected chi connectivity index (χ4v) is 1.79. The Bertz CT molecular complexity index is 502. The zero-order valence-electron chi connectivity index (χ0n) is 10.4. The first-order valence-electron chi connectivity index (χ1n) is 5.69. The van der Waals surface area contributed by atoms with E-state index < -0.39 is 6.10 Å². The summed E-state index contributed by atoms with van der Waals surface area (Å²) in [6.45, 7) is 6.21. The molecule has 0 bridgehead atoms. The van der Waals surface area contributed by atoms with Crippen molar-refractivity contribution in [3.8, 4) is 0 Å². The molecule has 90 valence electrons. The molecule has 4 heteroatoms. The standard InChI is InChI=1S/C13H17N3O/c1-9-4-6-12(7-5-9)13(17)8-16-11(3)14-10(2)15-16/h4-7,13,17H,8H2,1-3H3. The van der Waals surface area contributed by atoms with E-state index in [0.29, 0.717) is 6.54 Å². The number of benzene rings is 1. The summed E-state index contributed by atoms with van der Waals surface area (Å²) in [6.07, 6.45) is -0.546. The van der Waals surface area contributed by atoms with Crippen molar-refractivity contribution in [1.82, 2.24) is 14.8 Å². The van der Waals surface area contributed by atoms with Gasteiger partial charge >= 0.3 is 0 Å². The second-order valence-electron chi connectivity index (χ2n) is 4.31. The third kappa shape index (κ3) is 2.71. The highest BCUT2D eigenvalue weighted by Gasteiger charge is 2.11. The lowest BCUT2D eigenvalue weighted by atomic mass is 10.1. The molecule has 4 nitrogen and oxygen atoms in total. The Labute approximate surface area is 101 Å². The average molecular weight is 231 g/mol. The second kappa shape index (κ2) is 4.67. The van der Waals surface area contributed by atoms with Crippen molar-refractivity contribution in [2.24, 2.45) is 0 Å². The highest BCUT2D eigenvalue weighted by atomic mass is 16.3. The van der Waals surface area contributed by atoms with Gasteiger partial charge in [-0.3, -0.25) is 0 Å². The van der Waals surface area contributed by atoms with Gasteiger partial charge in [0.15, 0.2) is 0 Å². The van der Waals surface area contributed by atoms with E-state index in [1.165, 1.54) is 5.56 Å². The van der Waals surface area contributed by atoms with E-state index in [2.05, 4.69) is 10.1 Å². The second-order valence-corrected chi connectivity index (χ2v) is 4.31. The summed E-state index contributed by atoms with van der Waals surface area (Å²) in [7, 11) is 0. The summed E-state index contributed by atoms with van der Waals surface area (Å²) in [5, 5.41) is 14.3. The largest absolute Gasteiger partial charge is 0.386 e. The monoisotopic (exact) mass is 231 g/mol. The van der Waals surface area contributed by atoms with Gasteiger partial charge in [-0.25, -0.2) is 9.67 Å². The topological polar surface area (TPSA) is 50.9 Å². The van der Waals surface area contributed by atoms with E-state index in [-0.39, 0.29) is 0 Å². The van der Waals surface area contributed by atoms with Gasteiger partial charge in [0.05, 0.1) is 12.6 Å². The van der Waals surface area contributed by atoms with Crippen LogP contribution >= 0.6 is 0 Å². The first-order valence-corrected chi connectivity index (χ1v) is 5.69. The van der Waals surface area contributed by atoms with Crippen LogP contribution in [0.4, 0.5) is 0 Å². The number of nitrogens with zero attached hydrogens (tertiary/aromatic N) is 3. The zero-order chi connectivity index (χ0) is 12.4. The van der Waals surface area contributed by atoms with Crippen LogP contribution in [-0.4, -0.2) is 19.9 Å². The van der Waals surface area contributed by atoms with Crippen molar-refractivity contribution in [2.75, 3.05) is 0 Å². The van der Waals surface area contributed by atoms with Gasteiger partial charge in [0.2, 0.25) is 0 Å². The van der Waals surface area contributed by atoms with Crippen LogP contribution in [0.3, 0.4) is 0 Å². The molecule has 0 aliphatic carbocycles. The Morgan fingerprint density at radius 2 is 1.82 bits per heavy atom. The molecule has 2 rings (SSSR count). The number of aliphatic hydroxyl groups is 1. The molecule has 0 spiro atoms. The first-order chi connectivity index (χ1) is 8.06. The number of aromatic nitrogens is 3. The summed E-state index contributed by atoms with van der Waals surface area (Å²) in [4.78, 5) is 4.21. The fraction of sp³-hybridized carbons (Fsp3) is 0.385. The Balaban J connectivity index is 2.13. The van der Waals surface area contributed by atoms with Crippen molar-refractivity contribution >= 4 is 0 Å². The Morgan fingerprint density at radius 3 is 2.35 bits per heavy atom. The molecule has 1 heterocycles. The lowest BCUT2D eigenvalue weighted by molar-refractivity contribution is 0.150. The minimum atomic E-state index is -0.546. The van der Waals surface area contributed by atoms with Crippen molar-refractivity contribution in [3.05, 3.63) is 47.0 Å². The van der Waals surface area contributed by atoms with E-state index in [1.54, 1.807) is 4.68 Å². The number of rotatable bonds is 3. The van der Waals surface area contributed by atoms with Crippen molar-refractivity contribution in [2.45, 2.75) is 33.4 Å². The van der Waals surface area contributed by atoms with Crippen LogP contribution in [0.5, 0.6) is 0 Å². The number of aliphatic hydroxyl groups excluding tert-OH is 1. The van der Waals surface area contributed by atoms with Gasteiger partial charge in [0.1, 0.15) is 11.6 Å². The molecule has 0 saturated carbocycles. The van der Waals surface area contributed by atoms with Crippen molar-refractivity contribution in [1.29, 1.82) is 0 Å². The molecule has 0 saturated heterocycles. The molecule has 0 amide bonds. The Hall–Kier alpha value is -1.68. The minimum Gasteiger partial charge on any atom is -0.386 e. The van der Waals surface area contributed by atoms with Gasteiger partial charge in [0, 0.05) is 0 Å². The van der Waals surface area contributed by atoms with Gasteiger partial charge in [-0.2, -0.15) is 5.10 Å².